The highest BCUT2D eigenvalue weighted by Gasteiger charge is 2.40. The molecule has 0 N–H and O–H groups in total. The van der Waals surface area contributed by atoms with E-state index in [0.29, 0.717) is 34.3 Å². The van der Waals surface area contributed by atoms with Crippen LogP contribution in [0, 0.1) is 0 Å². The summed E-state index contributed by atoms with van der Waals surface area (Å²) in [5.41, 5.74) is 0.657. The Morgan fingerprint density at radius 1 is 1.16 bits per heavy atom. The zero-order chi connectivity index (χ0) is 22.0. The highest BCUT2D eigenvalue weighted by molar-refractivity contribution is 7.89. The quantitative estimate of drug-likeness (QED) is 0.491. The summed E-state index contributed by atoms with van der Waals surface area (Å²) in [6, 6.07) is 11.8. The summed E-state index contributed by atoms with van der Waals surface area (Å²) in [6.07, 6.45) is 0.912. The Labute approximate surface area is 188 Å². The SMILES string of the molecule is O=C(OCc1nc(-c2cccc(Cl)c2)no1)C1CCCN1S(=O)(=O)c1ccc(Cl)cc1. The molecule has 8 nitrogen and oxygen atoms in total. The first-order valence-electron chi connectivity index (χ1n) is 9.37. The second kappa shape index (κ2) is 8.96. The van der Waals surface area contributed by atoms with Gasteiger partial charge >= 0.3 is 5.97 Å². The minimum absolute atomic E-state index is 0.0691. The number of sulfonamides is 1. The van der Waals surface area contributed by atoms with Crippen molar-refractivity contribution in [3.05, 3.63) is 64.5 Å². The zero-order valence-corrected chi connectivity index (χ0v) is 18.4. The van der Waals surface area contributed by atoms with Gasteiger partial charge in [-0.2, -0.15) is 9.29 Å². The number of aromatic nitrogens is 2. The van der Waals surface area contributed by atoms with Gasteiger partial charge in [0.05, 0.1) is 4.90 Å². The molecule has 3 aromatic rings. The highest BCUT2D eigenvalue weighted by Crippen LogP contribution is 2.28. The Kier molecular flexibility index (Phi) is 6.29. The standard InChI is InChI=1S/C20H17Cl2N3O5S/c21-14-6-8-16(9-7-14)31(27,28)25-10-2-5-17(25)20(26)29-12-18-23-19(24-30-18)13-3-1-4-15(22)11-13/h1,3-4,6-9,11,17H,2,5,10,12H2. The number of benzene rings is 2. The van der Waals surface area contributed by atoms with Crippen molar-refractivity contribution >= 4 is 39.2 Å². The van der Waals surface area contributed by atoms with Crippen LogP contribution in [0.2, 0.25) is 10.0 Å². The molecule has 1 fully saturated rings. The highest BCUT2D eigenvalue weighted by atomic mass is 35.5. The molecular formula is C20H17Cl2N3O5S. The lowest BCUT2D eigenvalue weighted by Gasteiger charge is -2.22. The van der Waals surface area contributed by atoms with Gasteiger partial charge in [0.2, 0.25) is 15.8 Å². The molecule has 1 aromatic heterocycles. The number of hydrogen-bond acceptors (Lipinski definition) is 7. The van der Waals surface area contributed by atoms with E-state index in [-0.39, 0.29) is 23.9 Å². The smallest absolute Gasteiger partial charge is 0.324 e. The third kappa shape index (κ3) is 4.74. The van der Waals surface area contributed by atoms with E-state index in [0.717, 1.165) is 4.31 Å². The number of halogens is 2. The molecule has 1 atom stereocenters. The molecule has 1 saturated heterocycles. The van der Waals surface area contributed by atoms with Gasteiger partial charge in [-0.25, -0.2) is 8.42 Å². The summed E-state index contributed by atoms with van der Waals surface area (Å²) in [7, 11) is -3.86. The average Bonchev–Trinajstić information content (AvgIpc) is 3.43. The Morgan fingerprint density at radius 2 is 1.94 bits per heavy atom. The summed E-state index contributed by atoms with van der Waals surface area (Å²) < 4.78 is 37.4. The molecule has 162 valence electrons. The maximum Gasteiger partial charge on any atom is 0.324 e. The fourth-order valence-corrected chi connectivity index (χ4v) is 5.26. The fourth-order valence-electron chi connectivity index (χ4n) is 3.29. The van der Waals surface area contributed by atoms with Gasteiger partial charge in [0.1, 0.15) is 6.04 Å². The number of ether oxygens (including phenoxy) is 1. The van der Waals surface area contributed by atoms with Crippen molar-refractivity contribution in [2.24, 2.45) is 0 Å². The second-order valence-electron chi connectivity index (χ2n) is 6.86. The molecule has 0 aliphatic carbocycles. The largest absolute Gasteiger partial charge is 0.454 e. The summed E-state index contributed by atoms with van der Waals surface area (Å²) in [5, 5.41) is 4.80. The topological polar surface area (TPSA) is 103 Å². The van der Waals surface area contributed by atoms with E-state index in [2.05, 4.69) is 10.1 Å². The van der Waals surface area contributed by atoms with Crippen LogP contribution in [-0.4, -0.2) is 41.4 Å². The van der Waals surface area contributed by atoms with E-state index in [1.165, 1.54) is 24.3 Å². The number of esters is 1. The van der Waals surface area contributed by atoms with E-state index in [4.69, 9.17) is 32.5 Å². The van der Waals surface area contributed by atoms with E-state index >= 15 is 0 Å². The van der Waals surface area contributed by atoms with Crippen molar-refractivity contribution < 1.29 is 22.5 Å². The van der Waals surface area contributed by atoms with Gasteiger partial charge in [-0.3, -0.25) is 4.79 Å². The number of carbonyl (C=O) groups excluding carboxylic acids is 1. The molecule has 2 aromatic carbocycles. The third-order valence-corrected chi connectivity index (χ3v) is 7.19. The van der Waals surface area contributed by atoms with Crippen LogP contribution in [0.4, 0.5) is 0 Å². The molecule has 4 rings (SSSR count). The van der Waals surface area contributed by atoms with Gasteiger partial charge in [0.25, 0.3) is 5.89 Å². The van der Waals surface area contributed by atoms with Crippen LogP contribution in [0.15, 0.2) is 57.9 Å². The number of nitrogens with zero attached hydrogens (tertiary/aromatic N) is 3. The molecule has 1 unspecified atom stereocenters. The first-order valence-corrected chi connectivity index (χ1v) is 11.6. The second-order valence-corrected chi connectivity index (χ2v) is 9.62. The predicted molar refractivity (Wildman–Crippen MR) is 113 cm³/mol. The van der Waals surface area contributed by atoms with Gasteiger partial charge < -0.3 is 9.26 Å². The van der Waals surface area contributed by atoms with Crippen LogP contribution in [-0.2, 0) is 26.2 Å². The monoisotopic (exact) mass is 481 g/mol. The third-order valence-electron chi connectivity index (χ3n) is 4.78. The molecule has 2 heterocycles. The van der Waals surface area contributed by atoms with Crippen LogP contribution in [0.5, 0.6) is 0 Å². The molecule has 0 bridgehead atoms. The predicted octanol–water partition coefficient (Wildman–Crippen LogP) is 3.94. The molecule has 0 radical (unpaired) electrons. The van der Waals surface area contributed by atoms with Gasteiger partial charge in [0.15, 0.2) is 6.61 Å². The van der Waals surface area contributed by atoms with Crippen molar-refractivity contribution in [2.45, 2.75) is 30.4 Å². The Hall–Kier alpha value is -2.46. The Morgan fingerprint density at radius 3 is 2.68 bits per heavy atom. The number of carbonyl (C=O) groups is 1. The minimum atomic E-state index is -3.86. The summed E-state index contributed by atoms with van der Waals surface area (Å²) in [4.78, 5) is 16.9. The lowest BCUT2D eigenvalue weighted by atomic mass is 10.2. The number of hydrogen-bond donors (Lipinski definition) is 0. The molecule has 0 spiro atoms. The summed E-state index contributed by atoms with van der Waals surface area (Å²) >= 11 is 11.8. The maximum atomic E-state index is 12.9. The normalized spacial score (nSPS) is 17.0. The molecule has 1 aliphatic rings. The molecular weight excluding hydrogens is 465 g/mol. The lowest BCUT2D eigenvalue weighted by Crippen LogP contribution is -2.41. The molecule has 11 heteroatoms. The van der Waals surface area contributed by atoms with Crippen molar-refractivity contribution in [3.63, 3.8) is 0 Å². The summed E-state index contributed by atoms with van der Waals surface area (Å²) in [6.45, 7) is -0.0398. The molecule has 0 saturated carbocycles. The van der Waals surface area contributed by atoms with Crippen LogP contribution in [0.25, 0.3) is 11.4 Å². The average molecular weight is 482 g/mol. The zero-order valence-electron chi connectivity index (χ0n) is 16.1. The van der Waals surface area contributed by atoms with Gasteiger partial charge in [-0.05, 0) is 49.2 Å². The van der Waals surface area contributed by atoms with E-state index in [1.54, 1.807) is 24.3 Å². The van der Waals surface area contributed by atoms with Crippen molar-refractivity contribution in [1.82, 2.24) is 14.4 Å². The first kappa shape index (κ1) is 21.8. The van der Waals surface area contributed by atoms with Crippen molar-refractivity contribution in [2.75, 3.05) is 6.54 Å². The molecule has 1 aliphatic heterocycles. The Balaban J connectivity index is 1.43. The van der Waals surface area contributed by atoms with E-state index in [9.17, 15) is 13.2 Å². The summed E-state index contributed by atoms with van der Waals surface area (Å²) in [5.74, 6) is -0.271. The van der Waals surface area contributed by atoms with Gasteiger partial charge in [0, 0.05) is 22.2 Å². The molecule has 0 amide bonds. The fraction of sp³-hybridized carbons (Fsp3) is 0.250. The van der Waals surface area contributed by atoms with Crippen LogP contribution < -0.4 is 0 Å². The van der Waals surface area contributed by atoms with Gasteiger partial charge in [-0.15, -0.1) is 0 Å². The van der Waals surface area contributed by atoms with Crippen LogP contribution in [0.1, 0.15) is 18.7 Å². The van der Waals surface area contributed by atoms with Crippen molar-refractivity contribution in [1.29, 1.82) is 0 Å². The van der Waals surface area contributed by atoms with E-state index in [1.807, 2.05) is 0 Å². The van der Waals surface area contributed by atoms with Crippen molar-refractivity contribution in [3.8, 4) is 11.4 Å². The van der Waals surface area contributed by atoms with Crippen LogP contribution in [0.3, 0.4) is 0 Å². The lowest BCUT2D eigenvalue weighted by molar-refractivity contribution is -0.149. The molecule has 31 heavy (non-hydrogen) atoms. The first-order chi connectivity index (χ1) is 14.8. The van der Waals surface area contributed by atoms with Gasteiger partial charge in [-0.1, -0.05) is 40.5 Å². The Bertz CT molecular complexity index is 1200. The minimum Gasteiger partial charge on any atom is -0.454 e. The van der Waals surface area contributed by atoms with E-state index < -0.39 is 22.0 Å². The number of rotatable bonds is 6. The maximum absolute atomic E-state index is 12.9. The van der Waals surface area contributed by atoms with Crippen LogP contribution >= 0.6 is 23.2 Å².